The molecular weight excluding hydrogens is 436 g/mol. The highest BCUT2D eigenvalue weighted by molar-refractivity contribution is 5.95. The zero-order valence-electron chi connectivity index (χ0n) is 16.6. The summed E-state index contributed by atoms with van der Waals surface area (Å²) in [6.07, 6.45) is -4.81. The van der Waals surface area contributed by atoms with Gasteiger partial charge < -0.3 is 10.1 Å². The Morgan fingerprint density at radius 2 is 1.50 bits per heavy atom. The van der Waals surface area contributed by atoms with Gasteiger partial charge >= 0.3 is 6.18 Å². The van der Waals surface area contributed by atoms with E-state index in [4.69, 9.17) is 4.74 Å². The van der Waals surface area contributed by atoms with E-state index in [2.05, 4.69) is 0 Å². The van der Waals surface area contributed by atoms with Gasteiger partial charge in [-0.05, 0) is 47.5 Å². The molecule has 0 atom stereocenters. The zero-order valence-corrected chi connectivity index (χ0v) is 16.6. The van der Waals surface area contributed by atoms with Crippen LogP contribution in [0.25, 0.3) is 11.1 Å². The summed E-state index contributed by atoms with van der Waals surface area (Å²) in [5.41, 5.74) is -1.48. The number of amides is 1. The van der Waals surface area contributed by atoms with Gasteiger partial charge in [0.05, 0.1) is 30.3 Å². The van der Waals surface area contributed by atoms with Gasteiger partial charge in [0.1, 0.15) is 11.6 Å². The predicted molar refractivity (Wildman–Crippen MR) is 106 cm³/mol. The first-order chi connectivity index (χ1) is 15.0. The summed E-state index contributed by atoms with van der Waals surface area (Å²) < 4.78 is 87.1. The molecule has 1 N–H and O–H groups in total. The number of hydrogen-bond acceptors (Lipinski definition) is 2. The first-order valence-corrected chi connectivity index (χ1v) is 9.29. The second-order valence-electron chi connectivity index (χ2n) is 6.85. The number of alkyl halides is 5. The second-order valence-corrected chi connectivity index (χ2v) is 6.85. The average Bonchev–Trinajstić information content (AvgIpc) is 2.77. The van der Waals surface area contributed by atoms with Gasteiger partial charge in [-0.1, -0.05) is 30.3 Å². The van der Waals surface area contributed by atoms with Gasteiger partial charge in [0.2, 0.25) is 0 Å². The number of hydrogen-bond donors (Lipinski definition) is 1. The van der Waals surface area contributed by atoms with Crippen molar-refractivity contribution in [1.82, 2.24) is 5.32 Å². The van der Waals surface area contributed by atoms with Gasteiger partial charge in [0.25, 0.3) is 11.8 Å². The molecule has 32 heavy (non-hydrogen) atoms. The Bertz CT molecular complexity index is 1110. The quantitative estimate of drug-likeness (QED) is 0.462. The van der Waals surface area contributed by atoms with Crippen molar-refractivity contribution in [1.29, 1.82) is 0 Å². The maximum absolute atomic E-state index is 14.8. The van der Waals surface area contributed by atoms with Gasteiger partial charge in [-0.3, -0.25) is 4.79 Å². The SMILES string of the molecule is COc1cc(-c2ccc(F)cc2)ccc1C(F)(F)CNC(=O)c1ccccc1C(F)(F)F. The standard InChI is InChI=1S/C23H17F6NO2/c1-32-20-12-15(14-6-9-16(24)10-7-14)8-11-19(20)22(25,26)13-30-21(31)17-4-2-3-5-18(17)23(27,28)29/h2-12H,13H2,1H3,(H,30,31). The minimum Gasteiger partial charge on any atom is -0.496 e. The van der Waals surface area contributed by atoms with Crippen molar-refractivity contribution in [3.63, 3.8) is 0 Å². The summed E-state index contributed by atoms with van der Waals surface area (Å²) in [5.74, 6) is -5.57. The van der Waals surface area contributed by atoms with Crippen molar-refractivity contribution in [2.24, 2.45) is 0 Å². The highest BCUT2D eigenvalue weighted by atomic mass is 19.4. The van der Waals surface area contributed by atoms with Crippen LogP contribution in [0.2, 0.25) is 0 Å². The molecule has 0 aromatic heterocycles. The first-order valence-electron chi connectivity index (χ1n) is 9.29. The number of benzene rings is 3. The zero-order chi connectivity index (χ0) is 23.5. The molecule has 0 bridgehead atoms. The highest BCUT2D eigenvalue weighted by Gasteiger charge is 2.38. The summed E-state index contributed by atoms with van der Waals surface area (Å²) in [4.78, 5) is 12.2. The average molecular weight is 453 g/mol. The normalized spacial score (nSPS) is 11.8. The molecule has 9 heteroatoms. The largest absolute Gasteiger partial charge is 0.496 e. The summed E-state index contributed by atoms with van der Waals surface area (Å²) in [5, 5.41) is 1.87. The molecule has 3 nitrogen and oxygen atoms in total. The van der Waals surface area contributed by atoms with E-state index >= 15 is 0 Å². The van der Waals surface area contributed by atoms with Gasteiger partial charge in [-0.2, -0.15) is 22.0 Å². The number of carbonyl (C=O) groups excluding carboxylic acids is 1. The van der Waals surface area contributed by atoms with Gasteiger partial charge in [0.15, 0.2) is 0 Å². The summed E-state index contributed by atoms with van der Waals surface area (Å²) in [6, 6.07) is 13.1. The topological polar surface area (TPSA) is 38.3 Å². The molecular formula is C23H17F6NO2. The van der Waals surface area contributed by atoms with Crippen molar-refractivity contribution in [2.75, 3.05) is 13.7 Å². The summed E-state index contributed by atoms with van der Waals surface area (Å²) in [7, 11) is 1.18. The third kappa shape index (κ3) is 5.04. The Balaban J connectivity index is 1.82. The molecule has 0 fully saturated rings. The lowest BCUT2D eigenvalue weighted by Crippen LogP contribution is -2.36. The van der Waals surface area contributed by atoms with E-state index < -0.39 is 47.1 Å². The van der Waals surface area contributed by atoms with E-state index in [9.17, 15) is 31.1 Å². The van der Waals surface area contributed by atoms with Crippen molar-refractivity contribution in [3.05, 3.63) is 89.2 Å². The lowest BCUT2D eigenvalue weighted by molar-refractivity contribution is -0.137. The smallest absolute Gasteiger partial charge is 0.417 e. The fourth-order valence-electron chi connectivity index (χ4n) is 3.13. The molecule has 3 rings (SSSR count). The molecule has 0 saturated carbocycles. The lowest BCUT2D eigenvalue weighted by atomic mass is 9.99. The fraction of sp³-hybridized carbons (Fsp3) is 0.174. The van der Waals surface area contributed by atoms with Crippen LogP contribution in [0.5, 0.6) is 5.75 Å². The molecule has 0 heterocycles. The third-order valence-corrected chi connectivity index (χ3v) is 4.72. The van der Waals surface area contributed by atoms with Crippen LogP contribution >= 0.6 is 0 Å². The van der Waals surface area contributed by atoms with Crippen LogP contribution in [0, 0.1) is 5.82 Å². The molecule has 0 unspecified atom stereocenters. The van der Waals surface area contributed by atoms with E-state index in [1.165, 1.54) is 49.6 Å². The van der Waals surface area contributed by atoms with Crippen LogP contribution in [-0.4, -0.2) is 19.6 Å². The number of methoxy groups -OCH3 is 1. The number of rotatable bonds is 6. The van der Waals surface area contributed by atoms with Crippen molar-refractivity contribution >= 4 is 5.91 Å². The Morgan fingerprint density at radius 1 is 0.875 bits per heavy atom. The Morgan fingerprint density at radius 3 is 2.12 bits per heavy atom. The number of ether oxygens (including phenoxy) is 1. The Hall–Kier alpha value is -3.49. The van der Waals surface area contributed by atoms with Crippen LogP contribution in [-0.2, 0) is 12.1 Å². The van der Waals surface area contributed by atoms with E-state index in [1.54, 1.807) is 0 Å². The minimum atomic E-state index is -4.81. The highest BCUT2D eigenvalue weighted by Crippen LogP contribution is 2.37. The summed E-state index contributed by atoms with van der Waals surface area (Å²) >= 11 is 0. The van der Waals surface area contributed by atoms with Crippen LogP contribution in [0.15, 0.2) is 66.7 Å². The van der Waals surface area contributed by atoms with Crippen molar-refractivity contribution < 1.29 is 35.9 Å². The lowest BCUT2D eigenvalue weighted by Gasteiger charge is -2.21. The van der Waals surface area contributed by atoms with E-state index in [-0.39, 0.29) is 5.75 Å². The molecule has 0 radical (unpaired) electrons. The van der Waals surface area contributed by atoms with Gasteiger partial charge in [-0.25, -0.2) is 4.39 Å². The molecule has 0 aliphatic heterocycles. The molecule has 168 valence electrons. The first kappa shape index (κ1) is 23.2. The molecule has 3 aromatic carbocycles. The van der Waals surface area contributed by atoms with E-state index in [1.807, 2.05) is 5.32 Å². The van der Waals surface area contributed by atoms with E-state index in [0.29, 0.717) is 17.2 Å². The maximum atomic E-state index is 14.8. The third-order valence-electron chi connectivity index (χ3n) is 4.72. The van der Waals surface area contributed by atoms with Crippen LogP contribution < -0.4 is 10.1 Å². The fourth-order valence-corrected chi connectivity index (χ4v) is 3.13. The second kappa shape index (κ2) is 8.94. The van der Waals surface area contributed by atoms with Crippen molar-refractivity contribution in [3.8, 4) is 16.9 Å². The number of halogens is 6. The molecule has 0 aliphatic carbocycles. The van der Waals surface area contributed by atoms with Gasteiger partial charge in [-0.15, -0.1) is 0 Å². The van der Waals surface area contributed by atoms with Crippen LogP contribution in [0.3, 0.4) is 0 Å². The Labute approximate surface area is 179 Å². The monoisotopic (exact) mass is 453 g/mol. The summed E-state index contributed by atoms with van der Waals surface area (Å²) in [6.45, 7) is -1.25. The molecule has 1 amide bonds. The Kier molecular flexibility index (Phi) is 6.47. The maximum Gasteiger partial charge on any atom is 0.417 e. The molecule has 0 spiro atoms. The van der Waals surface area contributed by atoms with E-state index in [0.717, 1.165) is 18.2 Å². The number of carbonyl (C=O) groups is 1. The van der Waals surface area contributed by atoms with Crippen molar-refractivity contribution in [2.45, 2.75) is 12.1 Å². The predicted octanol–water partition coefficient (Wildman–Crippen LogP) is 6.04. The minimum absolute atomic E-state index is 0.193. The van der Waals surface area contributed by atoms with Gasteiger partial charge in [0, 0.05) is 0 Å². The molecule has 0 saturated heterocycles. The van der Waals surface area contributed by atoms with Crippen LogP contribution in [0.1, 0.15) is 21.5 Å². The van der Waals surface area contributed by atoms with Crippen LogP contribution in [0.4, 0.5) is 26.3 Å². The molecule has 3 aromatic rings. The number of nitrogens with one attached hydrogen (secondary N) is 1. The molecule has 0 aliphatic rings.